The molecule has 0 bridgehead atoms. The molecule has 4 nitrogen and oxygen atoms in total. The van der Waals surface area contributed by atoms with E-state index < -0.39 is 10.6 Å². The lowest BCUT2D eigenvalue weighted by Gasteiger charge is -2.06. The molecule has 0 radical (unpaired) electrons. The van der Waals surface area contributed by atoms with E-state index in [-0.39, 0.29) is 13.2 Å². The zero-order valence-corrected chi connectivity index (χ0v) is 15.3. The molecule has 0 aliphatic rings. The van der Waals surface area contributed by atoms with Gasteiger partial charge >= 0.3 is 10.6 Å². The van der Waals surface area contributed by atoms with Gasteiger partial charge in [0.15, 0.2) is 0 Å². The second-order valence-electron chi connectivity index (χ2n) is 5.77. The largest absolute Gasteiger partial charge is 0.457 e. The van der Waals surface area contributed by atoms with E-state index in [2.05, 4.69) is 0 Å². The number of hydrogen-bond acceptors (Lipinski definition) is 5. The van der Waals surface area contributed by atoms with Gasteiger partial charge in [-0.2, -0.15) is 0 Å². The third kappa shape index (κ3) is 7.44. The molecule has 0 amide bonds. The maximum absolute atomic E-state index is 11.6. The van der Waals surface area contributed by atoms with Crippen molar-refractivity contribution in [2.75, 3.05) is 13.2 Å². The van der Waals surface area contributed by atoms with Gasteiger partial charge in [0.25, 0.3) is 0 Å². The molecule has 0 heterocycles. The highest BCUT2D eigenvalue weighted by atomic mass is 32.2. The topological polar surface area (TPSA) is 52.6 Å². The van der Waals surface area contributed by atoms with Gasteiger partial charge in [-0.1, -0.05) is 59.7 Å². The predicted octanol–water partition coefficient (Wildman–Crippen LogP) is 5.10. The Balaban J connectivity index is 1.60. The first kappa shape index (κ1) is 19.1. The Morgan fingerprint density at radius 3 is 1.44 bits per heavy atom. The van der Waals surface area contributed by atoms with Crippen molar-refractivity contribution in [3.8, 4) is 0 Å². The summed E-state index contributed by atoms with van der Waals surface area (Å²) in [5.41, 5.74) is 4.54. The Kier molecular flexibility index (Phi) is 7.54. The van der Waals surface area contributed by atoms with Crippen LogP contribution in [0.25, 0.3) is 0 Å². The van der Waals surface area contributed by atoms with Crippen molar-refractivity contribution in [1.82, 2.24) is 0 Å². The lowest BCUT2D eigenvalue weighted by Crippen LogP contribution is -2.08. The van der Waals surface area contributed by atoms with Gasteiger partial charge in [-0.25, -0.2) is 9.59 Å². The monoisotopic (exact) mass is 358 g/mol. The standard InChI is InChI=1S/C20H22O4S/c1-15-3-7-17(8-4-15)11-13-23-19(21)25-20(22)24-14-12-18-9-5-16(2)6-10-18/h3-10H,11-14H2,1-2H3. The summed E-state index contributed by atoms with van der Waals surface area (Å²) >= 11 is 0.453. The number of hydrogen-bond donors (Lipinski definition) is 0. The lowest BCUT2D eigenvalue weighted by atomic mass is 10.1. The summed E-state index contributed by atoms with van der Waals surface area (Å²) in [6, 6.07) is 16.0. The molecule has 5 heteroatoms. The first-order valence-electron chi connectivity index (χ1n) is 8.15. The molecule has 132 valence electrons. The fourth-order valence-corrected chi connectivity index (χ4v) is 2.56. The number of thioether (sulfide) groups is 1. The predicted molar refractivity (Wildman–Crippen MR) is 100 cm³/mol. The Morgan fingerprint density at radius 1 is 0.720 bits per heavy atom. The Morgan fingerprint density at radius 2 is 1.08 bits per heavy atom. The molecule has 25 heavy (non-hydrogen) atoms. The second-order valence-corrected chi connectivity index (χ2v) is 6.64. The zero-order chi connectivity index (χ0) is 18.1. The lowest BCUT2D eigenvalue weighted by molar-refractivity contribution is 0.170. The smallest absolute Gasteiger partial charge is 0.378 e. The Hall–Kier alpha value is -2.27. The second kappa shape index (κ2) is 9.89. The first-order valence-corrected chi connectivity index (χ1v) is 8.97. The van der Waals surface area contributed by atoms with Crippen molar-refractivity contribution in [2.24, 2.45) is 0 Å². The highest BCUT2D eigenvalue weighted by Crippen LogP contribution is 2.12. The quantitative estimate of drug-likeness (QED) is 0.673. The molecule has 0 spiro atoms. The van der Waals surface area contributed by atoms with E-state index in [1.807, 2.05) is 62.4 Å². The van der Waals surface area contributed by atoms with Crippen molar-refractivity contribution in [2.45, 2.75) is 26.7 Å². The summed E-state index contributed by atoms with van der Waals surface area (Å²) in [5, 5.41) is -1.26. The molecule has 0 fully saturated rings. The molecule has 0 aromatic heterocycles. The number of carbonyl (C=O) groups is 2. The third-order valence-electron chi connectivity index (χ3n) is 3.63. The van der Waals surface area contributed by atoms with Crippen LogP contribution >= 0.6 is 11.8 Å². The highest BCUT2D eigenvalue weighted by molar-refractivity contribution is 8.25. The van der Waals surface area contributed by atoms with E-state index in [4.69, 9.17) is 9.47 Å². The molecule has 0 saturated carbocycles. The molecule has 0 N–H and O–H groups in total. The van der Waals surface area contributed by atoms with E-state index in [1.54, 1.807) is 0 Å². The van der Waals surface area contributed by atoms with Gasteiger partial charge in [0.2, 0.25) is 0 Å². The first-order chi connectivity index (χ1) is 12.0. The highest BCUT2D eigenvalue weighted by Gasteiger charge is 2.13. The van der Waals surface area contributed by atoms with Gasteiger partial charge < -0.3 is 9.47 Å². The minimum atomic E-state index is -0.632. The molecular formula is C20H22O4S. The van der Waals surface area contributed by atoms with Crippen molar-refractivity contribution >= 4 is 22.4 Å². The maximum Gasteiger partial charge on any atom is 0.378 e. The number of benzene rings is 2. The molecule has 0 unspecified atom stereocenters. The van der Waals surface area contributed by atoms with Gasteiger partial charge in [0.1, 0.15) is 0 Å². The van der Waals surface area contributed by atoms with Gasteiger partial charge in [-0.05, 0) is 25.0 Å². The van der Waals surface area contributed by atoms with Crippen molar-refractivity contribution < 1.29 is 19.1 Å². The van der Waals surface area contributed by atoms with E-state index >= 15 is 0 Å². The molecule has 0 saturated heterocycles. The van der Waals surface area contributed by atoms with Crippen LogP contribution in [-0.2, 0) is 22.3 Å². The summed E-state index contributed by atoms with van der Waals surface area (Å²) < 4.78 is 10.1. The van der Waals surface area contributed by atoms with Crippen LogP contribution in [0.2, 0.25) is 0 Å². The Labute approximate surface area is 152 Å². The molecule has 2 rings (SSSR count). The number of rotatable bonds is 6. The zero-order valence-electron chi connectivity index (χ0n) is 14.5. The van der Waals surface area contributed by atoms with Gasteiger partial charge in [0.05, 0.1) is 25.0 Å². The summed E-state index contributed by atoms with van der Waals surface area (Å²) in [4.78, 5) is 23.2. The molecule has 2 aromatic rings. The summed E-state index contributed by atoms with van der Waals surface area (Å²) in [5.74, 6) is 0. The summed E-state index contributed by atoms with van der Waals surface area (Å²) in [7, 11) is 0. The van der Waals surface area contributed by atoms with E-state index in [0.717, 1.165) is 11.1 Å². The van der Waals surface area contributed by atoms with E-state index in [0.29, 0.717) is 24.6 Å². The van der Waals surface area contributed by atoms with Crippen molar-refractivity contribution in [3.63, 3.8) is 0 Å². The van der Waals surface area contributed by atoms with Crippen LogP contribution in [0.4, 0.5) is 9.59 Å². The van der Waals surface area contributed by atoms with Crippen LogP contribution < -0.4 is 0 Å². The molecule has 0 aliphatic heterocycles. The number of aryl methyl sites for hydroxylation is 2. The fourth-order valence-electron chi connectivity index (χ4n) is 2.14. The van der Waals surface area contributed by atoms with Crippen LogP contribution in [0.1, 0.15) is 22.3 Å². The molecule has 2 aromatic carbocycles. The van der Waals surface area contributed by atoms with Gasteiger partial charge in [-0.15, -0.1) is 0 Å². The normalized spacial score (nSPS) is 10.3. The third-order valence-corrected chi connectivity index (χ3v) is 4.20. The average Bonchev–Trinajstić information content (AvgIpc) is 2.58. The van der Waals surface area contributed by atoms with Crippen LogP contribution in [-0.4, -0.2) is 23.8 Å². The summed E-state index contributed by atoms with van der Waals surface area (Å²) in [6.45, 7) is 4.52. The van der Waals surface area contributed by atoms with E-state index in [1.165, 1.54) is 11.1 Å². The summed E-state index contributed by atoms with van der Waals surface area (Å²) in [6.07, 6.45) is 1.24. The van der Waals surface area contributed by atoms with Gasteiger partial charge in [-0.3, -0.25) is 0 Å². The minimum Gasteiger partial charge on any atom is -0.457 e. The molecular weight excluding hydrogens is 336 g/mol. The maximum atomic E-state index is 11.6. The average molecular weight is 358 g/mol. The minimum absolute atomic E-state index is 0.242. The van der Waals surface area contributed by atoms with Crippen LogP contribution in [0.3, 0.4) is 0 Å². The van der Waals surface area contributed by atoms with E-state index in [9.17, 15) is 9.59 Å². The molecule has 0 aliphatic carbocycles. The number of ether oxygens (including phenoxy) is 2. The van der Waals surface area contributed by atoms with Crippen LogP contribution in [0.15, 0.2) is 48.5 Å². The van der Waals surface area contributed by atoms with Gasteiger partial charge in [0, 0.05) is 12.8 Å². The molecule has 0 atom stereocenters. The van der Waals surface area contributed by atoms with Crippen LogP contribution in [0, 0.1) is 13.8 Å². The SMILES string of the molecule is Cc1ccc(CCOC(=O)SC(=O)OCCc2ccc(C)cc2)cc1. The van der Waals surface area contributed by atoms with Crippen LogP contribution in [0.5, 0.6) is 0 Å². The van der Waals surface area contributed by atoms with Crippen molar-refractivity contribution in [1.29, 1.82) is 0 Å². The number of carbonyl (C=O) groups excluding carboxylic acids is 2. The van der Waals surface area contributed by atoms with Crippen molar-refractivity contribution in [3.05, 3.63) is 70.8 Å². The Bertz CT molecular complexity index is 631. The fraction of sp³-hybridized carbons (Fsp3) is 0.300.